The zero-order valence-electron chi connectivity index (χ0n) is 13.0. The van der Waals surface area contributed by atoms with E-state index in [2.05, 4.69) is 23.8 Å². The van der Waals surface area contributed by atoms with Crippen LogP contribution in [-0.4, -0.2) is 9.97 Å². The highest BCUT2D eigenvalue weighted by molar-refractivity contribution is 5.16. The summed E-state index contributed by atoms with van der Waals surface area (Å²) in [5, 5.41) is 0. The SMILES string of the molecule is CC(C)c1ccncc1F.CCC(C)c1cncc(F)c1. The molecule has 2 aromatic heterocycles. The van der Waals surface area contributed by atoms with Crippen LogP contribution in [0.4, 0.5) is 8.78 Å². The van der Waals surface area contributed by atoms with Gasteiger partial charge in [0.05, 0.1) is 12.4 Å². The molecule has 0 bridgehead atoms. The van der Waals surface area contributed by atoms with Crippen LogP contribution in [0, 0.1) is 11.6 Å². The summed E-state index contributed by atoms with van der Waals surface area (Å²) in [6.07, 6.45) is 6.82. The Balaban J connectivity index is 0.000000211. The molecule has 0 aliphatic rings. The molecule has 0 aliphatic carbocycles. The Hall–Kier alpha value is -1.84. The summed E-state index contributed by atoms with van der Waals surface area (Å²) in [5.41, 5.74) is 1.71. The molecule has 2 rings (SSSR count). The lowest BCUT2D eigenvalue weighted by Crippen LogP contribution is -1.92. The van der Waals surface area contributed by atoms with Crippen LogP contribution in [0.5, 0.6) is 0 Å². The number of rotatable bonds is 3. The van der Waals surface area contributed by atoms with E-state index in [1.807, 2.05) is 13.8 Å². The van der Waals surface area contributed by atoms with Crippen LogP contribution in [0.2, 0.25) is 0 Å². The number of nitrogens with zero attached hydrogens (tertiary/aromatic N) is 2. The molecule has 0 saturated heterocycles. The summed E-state index contributed by atoms with van der Waals surface area (Å²) in [5.74, 6) is 0.182. The Labute approximate surface area is 125 Å². The number of hydrogen-bond acceptors (Lipinski definition) is 2. The van der Waals surface area contributed by atoms with Crippen LogP contribution in [0.1, 0.15) is 57.1 Å². The summed E-state index contributed by atoms with van der Waals surface area (Å²) in [6, 6.07) is 3.25. The maximum atomic E-state index is 12.8. The largest absolute Gasteiger partial charge is 0.262 e. The van der Waals surface area contributed by atoms with Gasteiger partial charge in [0.25, 0.3) is 0 Å². The summed E-state index contributed by atoms with van der Waals surface area (Å²) in [6.45, 7) is 8.06. The lowest BCUT2D eigenvalue weighted by molar-refractivity contribution is 0.592. The van der Waals surface area contributed by atoms with Crippen molar-refractivity contribution >= 4 is 0 Å². The van der Waals surface area contributed by atoms with Gasteiger partial charge in [-0.3, -0.25) is 9.97 Å². The zero-order chi connectivity index (χ0) is 15.8. The van der Waals surface area contributed by atoms with Gasteiger partial charge in [0.1, 0.15) is 11.6 Å². The van der Waals surface area contributed by atoms with Crippen molar-refractivity contribution < 1.29 is 8.78 Å². The molecule has 1 atom stereocenters. The van der Waals surface area contributed by atoms with Crippen LogP contribution in [-0.2, 0) is 0 Å². The van der Waals surface area contributed by atoms with E-state index in [0.717, 1.165) is 17.5 Å². The summed E-state index contributed by atoms with van der Waals surface area (Å²) in [7, 11) is 0. The van der Waals surface area contributed by atoms with Gasteiger partial charge in [0.2, 0.25) is 0 Å². The molecule has 21 heavy (non-hydrogen) atoms. The minimum atomic E-state index is -0.247. The Bertz CT molecular complexity index is 556. The third-order valence-electron chi connectivity index (χ3n) is 3.33. The van der Waals surface area contributed by atoms with Crippen molar-refractivity contribution in [3.05, 3.63) is 59.7 Å². The second-order valence-electron chi connectivity index (χ2n) is 5.30. The normalized spacial score (nSPS) is 11.8. The first-order valence-corrected chi connectivity index (χ1v) is 7.15. The van der Waals surface area contributed by atoms with Gasteiger partial charge in [-0.2, -0.15) is 0 Å². The van der Waals surface area contributed by atoms with Gasteiger partial charge in [-0.05, 0) is 41.5 Å². The van der Waals surface area contributed by atoms with E-state index in [0.29, 0.717) is 5.92 Å². The van der Waals surface area contributed by atoms with E-state index >= 15 is 0 Å². The molecule has 0 saturated carbocycles. The molecule has 2 nitrogen and oxygen atoms in total. The fourth-order valence-electron chi connectivity index (χ4n) is 1.79. The maximum absolute atomic E-state index is 12.8. The molecule has 1 unspecified atom stereocenters. The molecular formula is C17H22F2N2. The average Bonchev–Trinajstić information content (AvgIpc) is 2.47. The number of aromatic nitrogens is 2. The molecule has 0 amide bonds. The van der Waals surface area contributed by atoms with Crippen molar-refractivity contribution in [1.82, 2.24) is 9.97 Å². The van der Waals surface area contributed by atoms with Gasteiger partial charge in [-0.15, -0.1) is 0 Å². The first kappa shape index (κ1) is 17.2. The standard InChI is InChI=1S/C9H12FN.C8H10FN/c1-3-7(2)8-4-9(10)6-11-5-8;1-6(2)7-3-4-10-5-8(7)9/h4-7H,3H2,1-2H3;3-6H,1-2H3. The minimum absolute atomic E-state index is 0.211. The Kier molecular flexibility index (Phi) is 6.92. The molecule has 0 aromatic carbocycles. The Morgan fingerprint density at radius 3 is 2.24 bits per heavy atom. The number of pyridine rings is 2. The van der Waals surface area contributed by atoms with Crippen LogP contribution in [0.3, 0.4) is 0 Å². The van der Waals surface area contributed by atoms with Crippen LogP contribution >= 0.6 is 0 Å². The van der Waals surface area contributed by atoms with Crippen LogP contribution in [0.15, 0.2) is 36.9 Å². The lowest BCUT2D eigenvalue weighted by atomic mass is 10.0. The van der Waals surface area contributed by atoms with Crippen LogP contribution in [0.25, 0.3) is 0 Å². The predicted octanol–water partition coefficient (Wildman–Crippen LogP) is 5.08. The van der Waals surface area contributed by atoms with E-state index in [4.69, 9.17) is 0 Å². The quantitative estimate of drug-likeness (QED) is 0.788. The van der Waals surface area contributed by atoms with E-state index < -0.39 is 0 Å². The lowest BCUT2D eigenvalue weighted by Gasteiger charge is -2.06. The number of hydrogen-bond donors (Lipinski definition) is 0. The fourth-order valence-corrected chi connectivity index (χ4v) is 1.79. The van der Waals surface area contributed by atoms with E-state index in [1.165, 1.54) is 12.4 Å². The topological polar surface area (TPSA) is 25.8 Å². The van der Waals surface area contributed by atoms with Gasteiger partial charge in [0, 0.05) is 12.4 Å². The molecule has 0 N–H and O–H groups in total. The fraction of sp³-hybridized carbons (Fsp3) is 0.412. The van der Waals surface area contributed by atoms with Crippen molar-refractivity contribution in [3.63, 3.8) is 0 Å². The number of halogens is 2. The highest BCUT2D eigenvalue weighted by atomic mass is 19.1. The van der Waals surface area contributed by atoms with Gasteiger partial charge >= 0.3 is 0 Å². The van der Waals surface area contributed by atoms with E-state index in [9.17, 15) is 8.78 Å². The third-order valence-corrected chi connectivity index (χ3v) is 3.33. The predicted molar refractivity (Wildman–Crippen MR) is 81.2 cm³/mol. The summed E-state index contributed by atoms with van der Waals surface area (Å²) >= 11 is 0. The summed E-state index contributed by atoms with van der Waals surface area (Å²) < 4.78 is 25.4. The van der Waals surface area contributed by atoms with Crippen molar-refractivity contribution in [2.24, 2.45) is 0 Å². The molecule has 0 radical (unpaired) electrons. The van der Waals surface area contributed by atoms with Gasteiger partial charge in [-0.1, -0.05) is 27.7 Å². The molecule has 0 spiro atoms. The van der Waals surface area contributed by atoms with Crippen LogP contribution < -0.4 is 0 Å². The van der Waals surface area contributed by atoms with Crippen molar-refractivity contribution in [2.45, 2.75) is 46.0 Å². The molecule has 0 aliphatic heterocycles. The smallest absolute Gasteiger partial charge is 0.144 e. The van der Waals surface area contributed by atoms with Crippen molar-refractivity contribution in [1.29, 1.82) is 0 Å². The Morgan fingerprint density at radius 2 is 1.76 bits per heavy atom. The minimum Gasteiger partial charge on any atom is -0.262 e. The maximum Gasteiger partial charge on any atom is 0.144 e. The molecular weight excluding hydrogens is 270 g/mol. The first-order valence-electron chi connectivity index (χ1n) is 7.15. The third kappa shape index (κ3) is 5.58. The zero-order valence-corrected chi connectivity index (χ0v) is 13.0. The summed E-state index contributed by atoms with van der Waals surface area (Å²) in [4.78, 5) is 7.43. The average molecular weight is 292 g/mol. The van der Waals surface area contributed by atoms with Crippen molar-refractivity contribution in [2.75, 3.05) is 0 Å². The highest BCUT2D eigenvalue weighted by Crippen LogP contribution is 2.17. The van der Waals surface area contributed by atoms with E-state index in [-0.39, 0.29) is 17.6 Å². The molecule has 2 heterocycles. The molecule has 114 valence electrons. The van der Waals surface area contributed by atoms with Crippen molar-refractivity contribution in [3.8, 4) is 0 Å². The van der Waals surface area contributed by atoms with Gasteiger partial charge in [0.15, 0.2) is 0 Å². The van der Waals surface area contributed by atoms with Gasteiger partial charge < -0.3 is 0 Å². The monoisotopic (exact) mass is 292 g/mol. The molecule has 2 aromatic rings. The molecule has 4 heteroatoms. The first-order chi connectivity index (χ1) is 9.95. The van der Waals surface area contributed by atoms with E-state index in [1.54, 1.807) is 24.5 Å². The Morgan fingerprint density at radius 1 is 1.05 bits per heavy atom. The second-order valence-corrected chi connectivity index (χ2v) is 5.30. The van der Waals surface area contributed by atoms with Gasteiger partial charge in [-0.25, -0.2) is 8.78 Å². The highest BCUT2D eigenvalue weighted by Gasteiger charge is 2.04. The second kappa shape index (κ2) is 8.45. The molecule has 0 fully saturated rings.